The highest BCUT2D eigenvalue weighted by Crippen LogP contribution is 2.48. The van der Waals surface area contributed by atoms with Gasteiger partial charge in [0, 0.05) is 26.0 Å². The molecule has 2 rings (SSSR count). The molecule has 0 saturated carbocycles. The van der Waals surface area contributed by atoms with Crippen molar-refractivity contribution in [2.75, 3.05) is 0 Å². The Kier molecular flexibility index (Phi) is 6.42. The van der Waals surface area contributed by atoms with E-state index in [4.69, 9.17) is 4.18 Å². The fraction of sp³-hybridized carbons (Fsp3) is 0.421. The minimum absolute atomic E-state index is 0.227. The Morgan fingerprint density at radius 1 is 1.07 bits per heavy atom. The van der Waals surface area contributed by atoms with Crippen LogP contribution in [0.3, 0.4) is 0 Å². The molecule has 0 amide bonds. The summed E-state index contributed by atoms with van der Waals surface area (Å²) in [6.07, 6.45) is -3.10. The van der Waals surface area contributed by atoms with Gasteiger partial charge in [0.25, 0.3) is 10.1 Å². The lowest BCUT2D eigenvalue weighted by atomic mass is 9.92. The molecule has 154 valence electrons. The van der Waals surface area contributed by atoms with Gasteiger partial charge in [-0.2, -0.15) is 21.6 Å². The van der Waals surface area contributed by atoms with E-state index < -0.39 is 36.4 Å². The standard InChI is InChI=1S/C19H24F3NO3SSi/c1-15-7-9-17(10-8-15)27(24,25)26-18(19(20,21)22,11-13-28(2,3)4)16-6-5-12-23-14-16/h5-10,12,14H,11,13H2,1-4H3. The number of pyridine rings is 1. The molecule has 1 atom stereocenters. The molecule has 2 aromatic rings. The number of benzene rings is 1. The van der Waals surface area contributed by atoms with E-state index in [0.717, 1.165) is 11.8 Å². The van der Waals surface area contributed by atoms with Gasteiger partial charge in [-0.05, 0) is 31.5 Å². The van der Waals surface area contributed by atoms with Crippen LogP contribution >= 0.6 is 0 Å². The van der Waals surface area contributed by atoms with Crippen molar-refractivity contribution < 1.29 is 25.8 Å². The summed E-state index contributed by atoms with van der Waals surface area (Å²) in [6, 6.07) is 8.28. The molecule has 4 nitrogen and oxygen atoms in total. The van der Waals surface area contributed by atoms with Gasteiger partial charge < -0.3 is 0 Å². The van der Waals surface area contributed by atoms with E-state index in [1.165, 1.54) is 42.6 Å². The second kappa shape index (κ2) is 7.96. The fourth-order valence-corrected chi connectivity index (χ4v) is 5.00. The number of aromatic nitrogens is 1. The molecule has 1 aromatic carbocycles. The van der Waals surface area contributed by atoms with E-state index in [9.17, 15) is 21.6 Å². The van der Waals surface area contributed by atoms with Crippen LogP contribution in [0.2, 0.25) is 25.7 Å². The first-order valence-electron chi connectivity index (χ1n) is 8.76. The third-order valence-electron chi connectivity index (χ3n) is 4.37. The number of hydrogen-bond donors (Lipinski definition) is 0. The molecule has 0 aliphatic carbocycles. The van der Waals surface area contributed by atoms with Crippen molar-refractivity contribution in [3.63, 3.8) is 0 Å². The minimum Gasteiger partial charge on any atom is -0.264 e. The molecule has 0 bridgehead atoms. The lowest BCUT2D eigenvalue weighted by Gasteiger charge is -2.36. The van der Waals surface area contributed by atoms with Gasteiger partial charge in [-0.1, -0.05) is 49.4 Å². The van der Waals surface area contributed by atoms with E-state index in [-0.39, 0.29) is 16.5 Å². The summed E-state index contributed by atoms with van der Waals surface area (Å²) in [4.78, 5) is 3.44. The molecular weight excluding hydrogens is 407 g/mol. The molecule has 0 saturated heterocycles. The predicted molar refractivity (Wildman–Crippen MR) is 104 cm³/mol. The second-order valence-electron chi connectivity index (χ2n) is 7.98. The molecule has 1 unspecified atom stereocenters. The van der Waals surface area contributed by atoms with E-state index in [0.29, 0.717) is 0 Å². The van der Waals surface area contributed by atoms with E-state index in [1.54, 1.807) is 6.92 Å². The summed E-state index contributed by atoms with van der Waals surface area (Å²) in [5, 5.41) is 0. The molecule has 0 aliphatic rings. The van der Waals surface area contributed by atoms with Gasteiger partial charge >= 0.3 is 6.18 Å². The van der Waals surface area contributed by atoms with Crippen LogP contribution in [-0.2, 0) is 19.9 Å². The SMILES string of the molecule is Cc1ccc(S(=O)(=O)OC(CC[Si](C)(C)C)(c2cccnc2)C(F)(F)F)cc1. The Morgan fingerprint density at radius 3 is 2.14 bits per heavy atom. The van der Waals surface area contributed by atoms with E-state index >= 15 is 0 Å². The molecule has 9 heteroatoms. The van der Waals surface area contributed by atoms with Crippen molar-refractivity contribution in [1.29, 1.82) is 0 Å². The summed E-state index contributed by atoms with van der Waals surface area (Å²) in [7, 11) is -6.60. The quantitative estimate of drug-likeness (QED) is 0.442. The first-order valence-corrected chi connectivity index (χ1v) is 13.9. The Balaban J connectivity index is 2.60. The Labute approximate surface area is 164 Å². The van der Waals surface area contributed by atoms with Crippen LogP contribution in [-0.4, -0.2) is 27.7 Å². The summed E-state index contributed by atoms with van der Waals surface area (Å²) in [5.41, 5.74) is -2.53. The first kappa shape index (κ1) is 22.6. The molecular formula is C19H24F3NO3SSi. The van der Waals surface area contributed by atoms with Crippen LogP contribution in [0, 0.1) is 6.92 Å². The van der Waals surface area contributed by atoms with Gasteiger partial charge in [0.2, 0.25) is 5.60 Å². The van der Waals surface area contributed by atoms with Crippen molar-refractivity contribution >= 4 is 18.2 Å². The van der Waals surface area contributed by atoms with Crippen LogP contribution in [0.5, 0.6) is 0 Å². The van der Waals surface area contributed by atoms with Crippen molar-refractivity contribution in [2.45, 2.75) is 55.7 Å². The summed E-state index contributed by atoms with van der Waals surface area (Å²) in [6.45, 7) is 7.52. The monoisotopic (exact) mass is 431 g/mol. The average molecular weight is 432 g/mol. The van der Waals surface area contributed by atoms with Gasteiger partial charge in [0.05, 0.1) is 4.90 Å². The predicted octanol–water partition coefficient (Wildman–Crippen LogP) is 5.28. The van der Waals surface area contributed by atoms with Gasteiger partial charge in [0.1, 0.15) is 0 Å². The summed E-state index contributed by atoms with van der Waals surface area (Å²) >= 11 is 0. The Morgan fingerprint density at radius 2 is 1.68 bits per heavy atom. The maximum absolute atomic E-state index is 14.3. The van der Waals surface area contributed by atoms with Crippen LogP contribution < -0.4 is 0 Å². The van der Waals surface area contributed by atoms with Crippen molar-refractivity contribution in [1.82, 2.24) is 4.98 Å². The molecule has 28 heavy (non-hydrogen) atoms. The number of alkyl halides is 3. The van der Waals surface area contributed by atoms with Gasteiger partial charge in [0.15, 0.2) is 0 Å². The lowest BCUT2D eigenvalue weighted by molar-refractivity contribution is -0.254. The van der Waals surface area contributed by atoms with Crippen molar-refractivity contribution in [3.05, 3.63) is 59.9 Å². The van der Waals surface area contributed by atoms with Crippen LogP contribution in [0.25, 0.3) is 0 Å². The smallest absolute Gasteiger partial charge is 0.264 e. The number of nitrogens with zero attached hydrogens (tertiary/aromatic N) is 1. The van der Waals surface area contributed by atoms with Gasteiger partial charge in [-0.25, -0.2) is 4.18 Å². The third-order valence-corrected chi connectivity index (χ3v) is 7.48. The largest absolute Gasteiger partial charge is 0.423 e. The minimum atomic E-state index is -4.95. The maximum atomic E-state index is 14.3. The summed E-state index contributed by atoms with van der Waals surface area (Å²) < 4.78 is 73.6. The van der Waals surface area contributed by atoms with Crippen molar-refractivity contribution in [2.24, 2.45) is 0 Å². The highest BCUT2D eigenvalue weighted by atomic mass is 32.2. The highest BCUT2D eigenvalue weighted by molar-refractivity contribution is 7.86. The molecule has 0 spiro atoms. The van der Waals surface area contributed by atoms with E-state index in [1.807, 2.05) is 19.6 Å². The Bertz CT molecular complexity index is 895. The zero-order valence-corrected chi connectivity index (χ0v) is 18.1. The molecule has 0 aliphatic heterocycles. The number of rotatable bonds is 7. The first-order chi connectivity index (χ1) is 12.8. The van der Waals surface area contributed by atoms with Crippen LogP contribution in [0.15, 0.2) is 53.7 Å². The molecule has 0 N–H and O–H groups in total. The molecule has 0 fully saturated rings. The van der Waals surface area contributed by atoms with Crippen LogP contribution in [0.4, 0.5) is 13.2 Å². The third kappa shape index (κ3) is 5.21. The zero-order valence-electron chi connectivity index (χ0n) is 16.2. The Hall–Kier alpha value is -1.71. The van der Waals surface area contributed by atoms with E-state index in [2.05, 4.69) is 4.98 Å². The topological polar surface area (TPSA) is 56.3 Å². The number of hydrogen-bond acceptors (Lipinski definition) is 4. The van der Waals surface area contributed by atoms with Gasteiger partial charge in [-0.15, -0.1) is 0 Å². The molecule has 1 heterocycles. The van der Waals surface area contributed by atoms with Crippen LogP contribution in [0.1, 0.15) is 17.5 Å². The average Bonchev–Trinajstić information content (AvgIpc) is 2.58. The molecule has 0 radical (unpaired) electrons. The number of halogens is 3. The maximum Gasteiger partial charge on any atom is 0.423 e. The normalized spacial score (nSPS) is 15.2. The number of aryl methyl sites for hydroxylation is 1. The zero-order chi connectivity index (χ0) is 21.2. The molecule has 1 aromatic heterocycles. The lowest BCUT2D eigenvalue weighted by Crippen LogP contribution is -2.47. The fourth-order valence-electron chi connectivity index (χ4n) is 2.68. The summed E-state index contributed by atoms with van der Waals surface area (Å²) in [5.74, 6) is 0. The second-order valence-corrected chi connectivity index (χ2v) is 15.1. The van der Waals surface area contributed by atoms with Crippen molar-refractivity contribution in [3.8, 4) is 0 Å². The van der Waals surface area contributed by atoms with Gasteiger partial charge in [-0.3, -0.25) is 4.98 Å². The highest BCUT2D eigenvalue weighted by Gasteiger charge is 2.60.